The van der Waals surface area contributed by atoms with Gasteiger partial charge in [0, 0.05) is 36.3 Å². The van der Waals surface area contributed by atoms with E-state index in [2.05, 4.69) is 17.2 Å². The number of nitrogens with zero attached hydrogens (tertiary/aromatic N) is 3. The maximum absolute atomic E-state index is 4.82. The molecule has 2 heterocycles. The van der Waals surface area contributed by atoms with E-state index in [0.29, 0.717) is 0 Å². The Hall–Kier alpha value is -1.97. The third-order valence-corrected chi connectivity index (χ3v) is 3.95. The number of nitrogens with one attached hydrogen (secondary N) is 1. The van der Waals surface area contributed by atoms with E-state index in [4.69, 9.17) is 9.97 Å². The normalized spacial score (nSPS) is 14.5. The fourth-order valence-electron chi connectivity index (χ4n) is 2.80. The van der Waals surface area contributed by atoms with E-state index in [-0.39, 0.29) is 0 Å². The molecule has 0 spiro atoms. The minimum Gasteiger partial charge on any atom is -0.373 e. The van der Waals surface area contributed by atoms with Gasteiger partial charge in [-0.2, -0.15) is 0 Å². The Bertz CT molecular complexity index is 622. The fraction of sp³-hybridized carbons (Fsp3) is 0.438. The van der Waals surface area contributed by atoms with Crippen LogP contribution in [0.3, 0.4) is 0 Å². The van der Waals surface area contributed by atoms with Crippen molar-refractivity contribution in [2.24, 2.45) is 0 Å². The number of hydrogen-bond acceptors (Lipinski definition) is 4. The molecule has 4 nitrogen and oxygen atoms in total. The summed E-state index contributed by atoms with van der Waals surface area (Å²) in [5.74, 6) is 1.77. The van der Waals surface area contributed by atoms with Gasteiger partial charge in [-0.1, -0.05) is 6.42 Å². The molecule has 1 N–H and O–H groups in total. The van der Waals surface area contributed by atoms with Crippen LogP contribution in [0.4, 0.5) is 5.82 Å². The van der Waals surface area contributed by atoms with E-state index in [1.165, 1.54) is 30.5 Å². The summed E-state index contributed by atoms with van der Waals surface area (Å²) in [5, 5.41) is 3.24. The molecule has 2 aromatic rings. The smallest absolute Gasteiger partial charge is 0.163 e. The summed E-state index contributed by atoms with van der Waals surface area (Å²) >= 11 is 0. The molecule has 0 amide bonds. The lowest BCUT2D eigenvalue weighted by atomic mass is 10.1. The molecule has 1 aliphatic rings. The molecule has 0 fully saturated rings. The Morgan fingerprint density at radius 2 is 1.95 bits per heavy atom. The zero-order valence-electron chi connectivity index (χ0n) is 12.1. The van der Waals surface area contributed by atoms with Crippen molar-refractivity contribution in [1.82, 2.24) is 15.0 Å². The minimum atomic E-state index is 0.792. The second kappa shape index (κ2) is 5.57. The number of pyridine rings is 1. The average molecular weight is 268 g/mol. The molecule has 0 aromatic carbocycles. The third kappa shape index (κ3) is 2.38. The standard InChI is InChI=1S/C16H20N4/c1-11-8-9-18-10-13(11)16-19-14-7-5-3-4-6-12(14)15(17-2)20-16/h8-10H,3-7H2,1-2H3,(H,17,19,20). The largest absolute Gasteiger partial charge is 0.373 e. The molecular weight excluding hydrogens is 248 g/mol. The molecule has 104 valence electrons. The second-order valence-electron chi connectivity index (χ2n) is 5.32. The first-order valence-corrected chi connectivity index (χ1v) is 7.28. The van der Waals surface area contributed by atoms with Crippen molar-refractivity contribution in [3.8, 4) is 11.4 Å². The predicted molar refractivity (Wildman–Crippen MR) is 80.8 cm³/mol. The van der Waals surface area contributed by atoms with Crippen molar-refractivity contribution in [3.05, 3.63) is 35.3 Å². The molecule has 1 aliphatic carbocycles. The van der Waals surface area contributed by atoms with Crippen LogP contribution in [0.5, 0.6) is 0 Å². The first-order valence-electron chi connectivity index (χ1n) is 7.28. The summed E-state index contributed by atoms with van der Waals surface area (Å²) in [6.07, 6.45) is 9.53. The Labute approximate surface area is 119 Å². The molecule has 2 aromatic heterocycles. The van der Waals surface area contributed by atoms with Crippen LogP contribution in [0.25, 0.3) is 11.4 Å². The maximum atomic E-state index is 4.82. The van der Waals surface area contributed by atoms with Gasteiger partial charge in [-0.05, 0) is 44.2 Å². The minimum absolute atomic E-state index is 0.792. The molecule has 20 heavy (non-hydrogen) atoms. The zero-order valence-corrected chi connectivity index (χ0v) is 12.1. The zero-order chi connectivity index (χ0) is 13.9. The first kappa shape index (κ1) is 13.0. The van der Waals surface area contributed by atoms with Gasteiger partial charge >= 0.3 is 0 Å². The van der Waals surface area contributed by atoms with Crippen LogP contribution in [0.1, 0.15) is 36.1 Å². The van der Waals surface area contributed by atoms with E-state index in [1.54, 1.807) is 6.20 Å². The average Bonchev–Trinajstić information content (AvgIpc) is 2.72. The third-order valence-electron chi connectivity index (χ3n) is 3.95. The van der Waals surface area contributed by atoms with Crippen molar-refractivity contribution in [2.75, 3.05) is 12.4 Å². The Kier molecular flexibility index (Phi) is 3.63. The summed E-state index contributed by atoms with van der Waals surface area (Å²) in [6, 6.07) is 2.00. The molecular formula is C16H20N4. The van der Waals surface area contributed by atoms with Crippen LogP contribution in [0.15, 0.2) is 18.5 Å². The molecule has 0 saturated heterocycles. The summed E-state index contributed by atoms with van der Waals surface area (Å²) in [6.45, 7) is 2.07. The topological polar surface area (TPSA) is 50.7 Å². The van der Waals surface area contributed by atoms with E-state index in [9.17, 15) is 0 Å². The highest BCUT2D eigenvalue weighted by atomic mass is 15.0. The quantitative estimate of drug-likeness (QED) is 0.850. The van der Waals surface area contributed by atoms with Crippen molar-refractivity contribution in [2.45, 2.75) is 39.0 Å². The van der Waals surface area contributed by atoms with Gasteiger partial charge in [-0.25, -0.2) is 9.97 Å². The number of hydrogen-bond donors (Lipinski definition) is 1. The van der Waals surface area contributed by atoms with Crippen LogP contribution in [0.2, 0.25) is 0 Å². The maximum Gasteiger partial charge on any atom is 0.163 e. The highest BCUT2D eigenvalue weighted by Gasteiger charge is 2.17. The lowest BCUT2D eigenvalue weighted by Crippen LogP contribution is -2.07. The van der Waals surface area contributed by atoms with Gasteiger partial charge in [0.1, 0.15) is 5.82 Å². The summed E-state index contributed by atoms with van der Waals surface area (Å²) < 4.78 is 0. The van der Waals surface area contributed by atoms with Gasteiger partial charge in [0.25, 0.3) is 0 Å². The molecule has 0 radical (unpaired) electrons. The molecule has 0 unspecified atom stereocenters. The summed E-state index contributed by atoms with van der Waals surface area (Å²) in [7, 11) is 1.94. The van der Waals surface area contributed by atoms with E-state index >= 15 is 0 Å². The highest BCUT2D eigenvalue weighted by molar-refractivity contribution is 5.62. The van der Waals surface area contributed by atoms with Crippen molar-refractivity contribution < 1.29 is 0 Å². The number of aromatic nitrogens is 3. The van der Waals surface area contributed by atoms with Crippen LogP contribution < -0.4 is 5.32 Å². The van der Waals surface area contributed by atoms with Crippen LogP contribution >= 0.6 is 0 Å². The fourth-order valence-corrected chi connectivity index (χ4v) is 2.80. The second-order valence-corrected chi connectivity index (χ2v) is 5.32. The van der Waals surface area contributed by atoms with E-state index in [0.717, 1.165) is 35.6 Å². The van der Waals surface area contributed by atoms with Crippen molar-refractivity contribution in [3.63, 3.8) is 0 Å². The van der Waals surface area contributed by atoms with E-state index < -0.39 is 0 Å². The molecule has 0 atom stereocenters. The van der Waals surface area contributed by atoms with Gasteiger partial charge in [-0.3, -0.25) is 4.98 Å². The SMILES string of the molecule is CNc1nc(-c2cnccc2C)nc2c1CCCCC2. The van der Waals surface area contributed by atoms with E-state index in [1.807, 2.05) is 19.3 Å². The molecule has 0 aliphatic heterocycles. The van der Waals surface area contributed by atoms with Gasteiger partial charge in [0.2, 0.25) is 0 Å². The monoisotopic (exact) mass is 268 g/mol. The number of aryl methyl sites for hydroxylation is 2. The van der Waals surface area contributed by atoms with Crippen LogP contribution in [0, 0.1) is 6.92 Å². The predicted octanol–water partition coefficient (Wildman–Crippen LogP) is 3.16. The Morgan fingerprint density at radius 3 is 2.75 bits per heavy atom. The molecule has 3 rings (SSSR count). The van der Waals surface area contributed by atoms with Crippen LogP contribution in [-0.2, 0) is 12.8 Å². The summed E-state index contributed by atoms with van der Waals surface area (Å²) in [4.78, 5) is 13.7. The van der Waals surface area contributed by atoms with Gasteiger partial charge in [0.05, 0.1) is 0 Å². The lowest BCUT2D eigenvalue weighted by molar-refractivity contribution is 0.709. The van der Waals surface area contributed by atoms with Gasteiger partial charge in [-0.15, -0.1) is 0 Å². The molecule has 4 heteroatoms. The Balaban J connectivity index is 2.14. The van der Waals surface area contributed by atoms with Crippen molar-refractivity contribution >= 4 is 5.82 Å². The molecule has 0 bridgehead atoms. The first-order chi connectivity index (χ1) is 9.79. The van der Waals surface area contributed by atoms with Crippen molar-refractivity contribution in [1.29, 1.82) is 0 Å². The Morgan fingerprint density at radius 1 is 1.10 bits per heavy atom. The van der Waals surface area contributed by atoms with Crippen LogP contribution in [-0.4, -0.2) is 22.0 Å². The number of anilines is 1. The molecule has 0 saturated carbocycles. The number of rotatable bonds is 2. The van der Waals surface area contributed by atoms with Gasteiger partial charge < -0.3 is 5.32 Å². The summed E-state index contributed by atoms with van der Waals surface area (Å²) in [5.41, 5.74) is 4.70. The lowest BCUT2D eigenvalue weighted by Gasteiger charge is -2.13. The van der Waals surface area contributed by atoms with Gasteiger partial charge in [0.15, 0.2) is 5.82 Å². The number of fused-ring (bicyclic) bond motifs is 1. The highest BCUT2D eigenvalue weighted by Crippen LogP contribution is 2.28.